The fourth-order valence-corrected chi connectivity index (χ4v) is 3.47. The van der Waals surface area contributed by atoms with Crippen LogP contribution in [0.5, 0.6) is 11.5 Å². The lowest BCUT2D eigenvalue weighted by Crippen LogP contribution is -2.13. The van der Waals surface area contributed by atoms with Crippen LogP contribution in [0.15, 0.2) is 41.4 Å². The van der Waals surface area contributed by atoms with Crippen molar-refractivity contribution in [2.45, 2.75) is 0 Å². The van der Waals surface area contributed by atoms with Crippen LogP contribution in [0.1, 0.15) is 10.4 Å². The predicted octanol–water partition coefficient (Wildman–Crippen LogP) is 2.91. The zero-order valence-corrected chi connectivity index (χ0v) is 15.1. The first-order valence-electron chi connectivity index (χ1n) is 7.49. The van der Waals surface area contributed by atoms with Gasteiger partial charge >= 0.3 is 0 Å². The van der Waals surface area contributed by atoms with Gasteiger partial charge in [-0.05, 0) is 12.1 Å². The number of carbonyl (C=O) groups excluding carboxylic acids is 1. The number of amides is 1. The van der Waals surface area contributed by atoms with Gasteiger partial charge in [0, 0.05) is 36.9 Å². The van der Waals surface area contributed by atoms with Gasteiger partial charge in [0.25, 0.3) is 11.6 Å². The van der Waals surface area contributed by atoms with Crippen molar-refractivity contribution in [3.05, 3.63) is 56.9 Å². The fourth-order valence-electron chi connectivity index (χ4n) is 2.44. The molecule has 0 bridgehead atoms. The SMILES string of the molecule is COc1cc2sc(=NC(=O)c3ccc([N+](=O)[O-])cc3)n(C)c2cc1OC. The molecule has 0 aliphatic heterocycles. The zero-order chi connectivity index (χ0) is 18.8. The van der Waals surface area contributed by atoms with Crippen LogP contribution in [0.2, 0.25) is 0 Å². The smallest absolute Gasteiger partial charge is 0.279 e. The second kappa shape index (κ2) is 6.96. The van der Waals surface area contributed by atoms with Crippen molar-refractivity contribution in [3.8, 4) is 11.5 Å². The normalized spacial score (nSPS) is 11.6. The Bertz CT molecular complexity index is 1070. The number of hydrogen-bond donors (Lipinski definition) is 0. The average Bonchev–Trinajstić information content (AvgIpc) is 2.95. The molecule has 0 spiro atoms. The van der Waals surface area contributed by atoms with E-state index in [1.165, 1.54) is 35.6 Å². The van der Waals surface area contributed by atoms with Gasteiger partial charge in [0.05, 0.1) is 29.4 Å². The van der Waals surface area contributed by atoms with Crippen LogP contribution < -0.4 is 14.3 Å². The molecule has 3 rings (SSSR count). The molecule has 8 nitrogen and oxygen atoms in total. The Morgan fingerprint density at radius 1 is 1.15 bits per heavy atom. The molecule has 0 saturated carbocycles. The Hall–Kier alpha value is -3.20. The molecule has 0 N–H and O–H groups in total. The molecule has 2 aromatic carbocycles. The van der Waals surface area contributed by atoms with Crippen LogP contribution in [-0.2, 0) is 7.05 Å². The third-order valence-corrected chi connectivity index (χ3v) is 4.93. The lowest BCUT2D eigenvalue weighted by molar-refractivity contribution is -0.384. The number of fused-ring (bicyclic) bond motifs is 1. The van der Waals surface area contributed by atoms with E-state index in [-0.39, 0.29) is 11.3 Å². The molecule has 0 aliphatic carbocycles. The Balaban J connectivity index is 2.05. The highest BCUT2D eigenvalue weighted by molar-refractivity contribution is 7.16. The van der Waals surface area contributed by atoms with Crippen molar-refractivity contribution in [1.82, 2.24) is 4.57 Å². The first-order chi connectivity index (χ1) is 12.4. The van der Waals surface area contributed by atoms with Crippen molar-refractivity contribution < 1.29 is 19.2 Å². The number of benzene rings is 2. The molecular formula is C17H15N3O5S. The minimum atomic E-state index is -0.516. The summed E-state index contributed by atoms with van der Waals surface area (Å²) in [5, 5.41) is 10.7. The number of aryl methyl sites for hydroxylation is 1. The molecule has 3 aromatic rings. The molecule has 1 aromatic heterocycles. The lowest BCUT2D eigenvalue weighted by atomic mass is 10.2. The van der Waals surface area contributed by atoms with E-state index in [0.717, 1.165) is 10.2 Å². The van der Waals surface area contributed by atoms with E-state index >= 15 is 0 Å². The number of nitro benzene ring substituents is 1. The van der Waals surface area contributed by atoms with E-state index < -0.39 is 10.8 Å². The van der Waals surface area contributed by atoms with E-state index in [2.05, 4.69) is 4.99 Å². The maximum atomic E-state index is 12.4. The number of nitro groups is 1. The van der Waals surface area contributed by atoms with Crippen LogP contribution in [-0.4, -0.2) is 29.6 Å². The van der Waals surface area contributed by atoms with Gasteiger partial charge in [-0.1, -0.05) is 11.3 Å². The summed E-state index contributed by atoms with van der Waals surface area (Å²) in [4.78, 5) is 27.2. The quantitative estimate of drug-likeness (QED) is 0.517. The Labute approximate surface area is 152 Å². The molecule has 0 saturated heterocycles. The second-order valence-corrected chi connectivity index (χ2v) is 6.35. The molecule has 134 valence electrons. The van der Waals surface area contributed by atoms with Gasteiger partial charge < -0.3 is 14.0 Å². The molecule has 1 heterocycles. The van der Waals surface area contributed by atoms with Crippen LogP contribution in [0.25, 0.3) is 10.2 Å². The van der Waals surface area contributed by atoms with E-state index in [4.69, 9.17) is 9.47 Å². The van der Waals surface area contributed by atoms with Crippen LogP contribution >= 0.6 is 11.3 Å². The van der Waals surface area contributed by atoms with Crippen molar-refractivity contribution in [2.24, 2.45) is 12.0 Å². The molecule has 0 aliphatic rings. The first-order valence-corrected chi connectivity index (χ1v) is 8.31. The lowest BCUT2D eigenvalue weighted by Gasteiger charge is -2.07. The van der Waals surface area contributed by atoms with Crippen molar-refractivity contribution in [1.29, 1.82) is 0 Å². The number of nitrogens with zero attached hydrogens (tertiary/aromatic N) is 3. The number of methoxy groups -OCH3 is 2. The van der Waals surface area contributed by atoms with Crippen molar-refractivity contribution in [2.75, 3.05) is 14.2 Å². The summed E-state index contributed by atoms with van der Waals surface area (Å²) in [6.07, 6.45) is 0. The van der Waals surface area contributed by atoms with Crippen LogP contribution in [0.4, 0.5) is 5.69 Å². The molecule has 0 fully saturated rings. The van der Waals surface area contributed by atoms with Gasteiger partial charge in [-0.15, -0.1) is 0 Å². The summed E-state index contributed by atoms with van der Waals surface area (Å²) in [5.74, 6) is 0.706. The molecule has 0 atom stereocenters. The van der Waals surface area contributed by atoms with E-state index in [0.29, 0.717) is 16.3 Å². The Kier molecular flexibility index (Phi) is 4.72. The van der Waals surface area contributed by atoms with Gasteiger partial charge in [0.2, 0.25) is 0 Å². The molecule has 0 radical (unpaired) electrons. The molecular weight excluding hydrogens is 358 g/mol. The first kappa shape index (κ1) is 17.6. The monoisotopic (exact) mass is 373 g/mol. The van der Waals surface area contributed by atoms with E-state index in [9.17, 15) is 14.9 Å². The van der Waals surface area contributed by atoms with Crippen molar-refractivity contribution in [3.63, 3.8) is 0 Å². The van der Waals surface area contributed by atoms with Gasteiger partial charge in [-0.25, -0.2) is 0 Å². The summed E-state index contributed by atoms with van der Waals surface area (Å²) in [6, 6.07) is 8.99. The topological polar surface area (TPSA) is 96.0 Å². The molecule has 26 heavy (non-hydrogen) atoms. The van der Waals surface area contributed by atoms with Crippen LogP contribution in [0.3, 0.4) is 0 Å². The Morgan fingerprint density at radius 3 is 2.35 bits per heavy atom. The number of thiazole rings is 1. The zero-order valence-electron chi connectivity index (χ0n) is 14.3. The number of ether oxygens (including phenoxy) is 2. The standard InChI is InChI=1S/C17H15N3O5S/c1-19-12-8-13(24-2)14(25-3)9-15(12)26-17(19)18-16(21)10-4-6-11(7-5-10)20(22)23/h4-9H,1-3H3. The second-order valence-electron chi connectivity index (χ2n) is 5.34. The molecule has 0 unspecified atom stereocenters. The maximum absolute atomic E-state index is 12.4. The van der Waals surface area contributed by atoms with Crippen LogP contribution in [0, 0.1) is 10.1 Å². The highest BCUT2D eigenvalue weighted by atomic mass is 32.1. The minimum absolute atomic E-state index is 0.0758. The minimum Gasteiger partial charge on any atom is -0.493 e. The van der Waals surface area contributed by atoms with Gasteiger partial charge in [-0.3, -0.25) is 14.9 Å². The number of carbonyl (C=O) groups is 1. The molecule has 1 amide bonds. The third kappa shape index (κ3) is 3.16. The summed E-state index contributed by atoms with van der Waals surface area (Å²) in [5.41, 5.74) is 1.05. The number of aromatic nitrogens is 1. The van der Waals surface area contributed by atoms with E-state index in [1.54, 1.807) is 25.8 Å². The van der Waals surface area contributed by atoms with Gasteiger partial charge in [-0.2, -0.15) is 4.99 Å². The van der Waals surface area contributed by atoms with Gasteiger partial charge in [0.15, 0.2) is 16.3 Å². The highest BCUT2D eigenvalue weighted by Gasteiger charge is 2.13. The number of hydrogen-bond acceptors (Lipinski definition) is 6. The number of non-ortho nitro benzene ring substituents is 1. The largest absolute Gasteiger partial charge is 0.493 e. The summed E-state index contributed by atoms with van der Waals surface area (Å²) in [7, 11) is 4.91. The van der Waals surface area contributed by atoms with E-state index in [1.807, 2.05) is 12.1 Å². The van der Waals surface area contributed by atoms with Crippen molar-refractivity contribution >= 4 is 33.1 Å². The Morgan fingerprint density at radius 2 is 1.77 bits per heavy atom. The summed E-state index contributed by atoms with van der Waals surface area (Å²) < 4.78 is 13.3. The summed E-state index contributed by atoms with van der Waals surface area (Å²) >= 11 is 1.34. The molecule has 9 heteroatoms. The number of rotatable bonds is 4. The average molecular weight is 373 g/mol. The fraction of sp³-hybridized carbons (Fsp3) is 0.176. The highest BCUT2D eigenvalue weighted by Crippen LogP contribution is 2.33. The van der Waals surface area contributed by atoms with Gasteiger partial charge in [0.1, 0.15) is 0 Å². The maximum Gasteiger partial charge on any atom is 0.279 e. The predicted molar refractivity (Wildman–Crippen MR) is 96.9 cm³/mol. The third-order valence-electron chi connectivity index (χ3n) is 3.84. The summed E-state index contributed by atoms with van der Waals surface area (Å²) in [6.45, 7) is 0.